The number of benzene rings is 1. The number of methoxy groups -OCH3 is 1. The summed E-state index contributed by atoms with van der Waals surface area (Å²) < 4.78 is 5.59. The van der Waals surface area contributed by atoms with Crippen LogP contribution in [0.3, 0.4) is 0 Å². The summed E-state index contributed by atoms with van der Waals surface area (Å²) in [6, 6.07) is 8.36. The van der Waals surface area contributed by atoms with Crippen LogP contribution >= 0.6 is 24.0 Å². The van der Waals surface area contributed by atoms with Crippen LogP contribution in [0.4, 0.5) is 0 Å². The lowest BCUT2D eigenvalue weighted by Crippen LogP contribution is -2.38. The van der Waals surface area contributed by atoms with E-state index in [2.05, 4.69) is 30.9 Å². The van der Waals surface area contributed by atoms with Gasteiger partial charge in [-0.3, -0.25) is 4.99 Å². The summed E-state index contributed by atoms with van der Waals surface area (Å²) in [5, 5.41) is 0. The van der Waals surface area contributed by atoms with Gasteiger partial charge in [0.25, 0.3) is 0 Å². The van der Waals surface area contributed by atoms with E-state index in [1.807, 2.05) is 12.1 Å². The maximum atomic E-state index is 6.17. The van der Waals surface area contributed by atoms with Gasteiger partial charge in [-0.05, 0) is 32.8 Å². The predicted octanol–water partition coefficient (Wildman–Crippen LogP) is 3.78. The second-order valence-corrected chi connectivity index (χ2v) is 6.03. The molecule has 0 heterocycles. The number of rotatable bonds is 6. The molecule has 1 aromatic carbocycles. The Hall–Kier alpha value is -0.980. The number of halogens is 1. The highest BCUT2D eigenvalue weighted by atomic mass is 127. The van der Waals surface area contributed by atoms with Crippen molar-refractivity contribution in [1.29, 1.82) is 0 Å². The normalized spacial score (nSPS) is 16.7. The monoisotopic (exact) mass is 431 g/mol. The minimum Gasteiger partial charge on any atom is -0.496 e. The Morgan fingerprint density at radius 3 is 2.39 bits per heavy atom. The van der Waals surface area contributed by atoms with Crippen molar-refractivity contribution in [3.05, 3.63) is 29.8 Å². The highest BCUT2D eigenvalue weighted by Gasteiger charge is 2.37. The highest BCUT2D eigenvalue weighted by Crippen LogP contribution is 2.44. The number of aliphatic imine (C=N–C) groups is 1. The fourth-order valence-corrected chi connectivity index (χ4v) is 3.53. The molecular formula is C18H30IN3O. The third-order valence-corrected chi connectivity index (χ3v) is 4.87. The lowest BCUT2D eigenvalue weighted by atomic mass is 9.78. The summed E-state index contributed by atoms with van der Waals surface area (Å²) in [7, 11) is 1.75. The molecule has 0 aliphatic heterocycles. The summed E-state index contributed by atoms with van der Waals surface area (Å²) in [6.45, 7) is 6.76. The van der Waals surface area contributed by atoms with Gasteiger partial charge in [0.1, 0.15) is 5.75 Å². The fraction of sp³-hybridized carbons (Fsp3) is 0.611. The number of nitrogens with zero attached hydrogens (tertiary/aromatic N) is 2. The van der Waals surface area contributed by atoms with Gasteiger partial charge in [-0.2, -0.15) is 0 Å². The third kappa shape index (κ3) is 4.52. The standard InChI is InChI=1S/C18H29N3O.HI/c1-4-21(5-2)17(19)20-14-18(12-8-9-13-18)15-10-6-7-11-16(15)22-3;/h6-7,10-11H,4-5,8-9,12-14H2,1-3H3,(H2,19,20);1H. The van der Waals surface area contributed by atoms with Gasteiger partial charge >= 0.3 is 0 Å². The largest absolute Gasteiger partial charge is 0.496 e. The highest BCUT2D eigenvalue weighted by molar-refractivity contribution is 14.0. The zero-order valence-corrected chi connectivity index (χ0v) is 16.9. The Morgan fingerprint density at radius 2 is 1.83 bits per heavy atom. The molecule has 23 heavy (non-hydrogen) atoms. The van der Waals surface area contributed by atoms with E-state index in [-0.39, 0.29) is 29.4 Å². The van der Waals surface area contributed by atoms with E-state index in [1.54, 1.807) is 7.11 Å². The van der Waals surface area contributed by atoms with Gasteiger partial charge in [-0.25, -0.2) is 0 Å². The first-order valence-corrected chi connectivity index (χ1v) is 8.35. The molecule has 4 nitrogen and oxygen atoms in total. The average Bonchev–Trinajstić information content (AvgIpc) is 3.04. The molecule has 0 atom stereocenters. The van der Waals surface area contributed by atoms with Gasteiger partial charge in [0.05, 0.1) is 13.7 Å². The molecule has 0 aromatic heterocycles. The van der Waals surface area contributed by atoms with E-state index in [9.17, 15) is 0 Å². The van der Waals surface area contributed by atoms with Gasteiger partial charge in [0, 0.05) is 24.1 Å². The molecule has 0 amide bonds. The average molecular weight is 431 g/mol. The van der Waals surface area contributed by atoms with Crippen molar-refractivity contribution in [2.75, 3.05) is 26.7 Å². The van der Waals surface area contributed by atoms with Crippen molar-refractivity contribution < 1.29 is 4.74 Å². The molecule has 1 aliphatic rings. The van der Waals surface area contributed by atoms with Crippen molar-refractivity contribution in [1.82, 2.24) is 4.90 Å². The van der Waals surface area contributed by atoms with E-state index >= 15 is 0 Å². The molecule has 130 valence electrons. The second kappa shape index (κ2) is 9.35. The van der Waals surface area contributed by atoms with E-state index in [0.717, 1.165) is 38.2 Å². The Bertz CT molecular complexity index is 509. The number of ether oxygens (including phenoxy) is 1. The molecule has 0 radical (unpaired) electrons. The quantitative estimate of drug-likeness (QED) is 0.424. The Balaban J connectivity index is 0.00000264. The van der Waals surface area contributed by atoms with E-state index in [4.69, 9.17) is 15.5 Å². The summed E-state index contributed by atoms with van der Waals surface area (Å²) >= 11 is 0. The van der Waals surface area contributed by atoms with Gasteiger partial charge in [0.15, 0.2) is 5.96 Å². The van der Waals surface area contributed by atoms with Gasteiger partial charge in [-0.15, -0.1) is 24.0 Å². The molecule has 2 rings (SSSR count). The van der Waals surface area contributed by atoms with Crippen LogP contribution in [-0.2, 0) is 5.41 Å². The van der Waals surface area contributed by atoms with Gasteiger partial charge < -0.3 is 15.4 Å². The van der Waals surface area contributed by atoms with Crippen LogP contribution < -0.4 is 10.5 Å². The number of hydrogen-bond acceptors (Lipinski definition) is 2. The summed E-state index contributed by atoms with van der Waals surface area (Å²) in [5.41, 5.74) is 7.53. The topological polar surface area (TPSA) is 50.8 Å². The Kier molecular flexibility index (Phi) is 8.16. The maximum Gasteiger partial charge on any atom is 0.191 e. The molecular weight excluding hydrogens is 401 g/mol. The minimum absolute atomic E-state index is 0. The number of nitrogens with two attached hydrogens (primary N) is 1. The molecule has 0 bridgehead atoms. The molecule has 1 aromatic rings. The van der Waals surface area contributed by atoms with Crippen LogP contribution in [0.2, 0.25) is 0 Å². The van der Waals surface area contributed by atoms with Crippen LogP contribution in [0.25, 0.3) is 0 Å². The summed E-state index contributed by atoms with van der Waals surface area (Å²) in [4.78, 5) is 6.84. The van der Waals surface area contributed by atoms with Crippen LogP contribution in [0.15, 0.2) is 29.3 Å². The molecule has 0 spiro atoms. The Labute approximate surface area is 157 Å². The summed E-state index contributed by atoms with van der Waals surface area (Å²) in [5.74, 6) is 1.63. The maximum absolute atomic E-state index is 6.17. The SMILES string of the molecule is CCN(CC)C(N)=NCC1(c2ccccc2OC)CCCC1.I. The van der Waals surface area contributed by atoms with Crippen molar-refractivity contribution in [2.45, 2.75) is 44.9 Å². The van der Waals surface area contributed by atoms with Crippen LogP contribution in [0.5, 0.6) is 5.75 Å². The molecule has 5 heteroatoms. The smallest absolute Gasteiger partial charge is 0.191 e. The zero-order valence-electron chi connectivity index (χ0n) is 14.5. The second-order valence-electron chi connectivity index (χ2n) is 6.03. The lowest BCUT2D eigenvalue weighted by molar-refractivity contribution is 0.376. The van der Waals surface area contributed by atoms with Crippen LogP contribution in [0, 0.1) is 0 Å². The first-order chi connectivity index (χ1) is 10.7. The van der Waals surface area contributed by atoms with Crippen molar-refractivity contribution in [3.8, 4) is 5.75 Å². The van der Waals surface area contributed by atoms with E-state index in [0.29, 0.717) is 5.96 Å². The minimum atomic E-state index is 0. The Morgan fingerprint density at radius 1 is 1.22 bits per heavy atom. The van der Waals surface area contributed by atoms with Crippen molar-refractivity contribution in [2.24, 2.45) is 10.7 Å². The van der Waals surface area contributed by atoms with E-state index in [1.165, 1.54) is 18.4 Å². The predicted molar refractivity (Wildman–Crippen MR) is 108 cm³/mol. The number of hydrogen-bond donors (Lipinski definition) is 1. The van der Waals surface area contributed by atoms with Crippen molar-refractivity contribution >= 4 is 29.9 Å². The molecule has 1 aliphatic carbocycles. The molecule has 1 saturated carbocycles. The third-order valence-electron chi connectivity index (χ3n) is 4.87. The lowest BCUT2D eigenvalue weighted by Gasteiger charge is -2.30. The van der Waals surface area contributed by atoms with Crippen molar-refractivity contribution in [3.63, 3.8) is 0 Å². The number of para-hydroxylation sites is 1. The molecule has 0 unspecified atom stereocenters. The number of guanidine groups is 1. The first kappa shape index (κ1) is 20.1. The first-order valence-electron chi connectivity index (χ1n) is 8.35. The van der Waals surface area contributed by atoms with E-state index < -0.39 is 0 Å². The fourth-order valence-electron chi connectivity index (χ4n) is 3.53. The molecule has 2 N–H and O–H groups in total. The molecule has 0 saturated heterocycles. The van der Waals surface area contributed by atoms with Gasteiger partial charge in [0.2, 0.25) is 0 Å². The van der Waals surface area contributed by atoms with Crippen LogP contribution in [-0.4, -0.2) is 37.6 Å². The van der Waals surface area contributed by atoms with Crippen LogP contribution in [0.1, 0.15) is 45.1 Å². The van der Waals surface area contributed by atoms with Gasteiger partial charge in [-0.1, -0.05) is 31.0 Å². The molecule has 1 fully saturated rings. The summed E-state index contributed by atoms with van der Waals surface area (Å²) in [6.07, 6.45) is 4.81. The zero-order chi connectivity index (χ0) is 16.0.